The SMILES string of the molecule is O=C(O)C[C@@H]1COc2cc3c(cc21)OCC(c1cccc(Cl)c1)O3. The third kappa shape index (κ3) is 2.76. The van der Waals surface area contributed by atoms with Crippen LogP contribution in [0.1, 0.15) is 29.6 Å². The Kier molecular flexibility index (Phi) is 3.73. The molecule has 1 N–H and O–H groups in total. The highest BCUT2D eigenvalue weighted by atomic mass is 35.5. The van der Waals surface area contributed by atoms with Gasteiger partial charge in [-0.2, -0.15) is 0 Å². The first-order valence-corrected chi connectivity index (χ1v) is 8.05. The molecule has 6 heteroatoms. The lowest BCUT2D eigenvalue weighted by atomic mass is 9.97. The first-order chi connectivity index (χ1) is 11.6. The summed E-state index contributed by atoms with van der Waals surface area (Å²) in [7, 11) is 0. The Hall–Kier alpha value is -2.40. The van der Waals surface area contributed by atoms with Crippen molar-refractivity contribution in [2.24, 2.45) is 0 Å². The summed E-state index contributed by atoms with van der Waals surface area (Å²) in [6.07, 6.45) is -0.205. The number of hydrogen-bond donors (Lipinski definition) is 1. The second-order valence-electron chi connectivity index (χ2n) is 5.92. The van der Waals surface area contributed by atoms with Crippen molar-refractivity contribution in [2.75, 3.05) is 13.2 Å². The van der Waals surface area contributed by atoms with Gasteiger partial charge in [-0.25, -0.2) is 0 Å². The van der Waals surface area contributed by atoms with Crippen molar-refractivity contribution in [1.82, 2.24) is 0 Å². The standard InChI is InChI=1S/C18H15ClO5/c19-12-3-1-2-10(4-12)17-9-23-15-6-13-11(5-18(20)21)8-22-14(13)7-16(15)24-17/h1-4,6-7,11,17H,5,8-9H2,(H,20,21)/t11-,17?/m1/s1. The average molecular weight is 347 g/mol. The number of ether oxygens (including phenoxy) is 3. The van der Waals surface area contributed by atoms with Gasteiger partial charge in [-0.15, -0.1) is 0 Å². The van der Waals surface area contributed by atoms with Crippen LogP contribution in [-0.2, 0) is 4.79 Å². The zero-order chi connectivity index (χ0) is 16.7. The van der Waals surface area contributed by atoms with Gasteiger partial charge < -0.3 is 19.3 Å². The van der Waals surface area contributed by atoms with Crippen LogP contribution in [0.4, 0.5) is 0 Å². The average Bonchev–Trinajstić information content (AvgIpc) is 2.93. The lowest BCUT2D eigenvalue weighted by molar-refractivity contribution is -0.137. The molecule has 5 nitrogen and oxygen atoms in total. The Morgan fingerprint density at radius 1 is 1.12 bits per heavy atom. The molecule has 2 atom stereocenters. The third-order valence-corrected chi connectivity index (χ3v) is 4.49. The molecule has 0 fully saturated rings. The number of rotatable bonds is 3. The Balaban J connectivity index is 1.61. The van der Waals surface area contributed by atoms with E-state index < -0.39 is 5.97 Å². The van der Waals surface area contributed by atoms with Gasteiger partial charge >= 0.3 is 5.97 Å². The molecule has 124 valence electrons. The smallest absolute Gasteiger partial charge is 0.304 e. The largest absolute Gasteiger partial charge is 0.492 e. The van der Waals surface area contributed by atoms with E-state index in [-0.39, 0.29) is 18.4 Å². The molecule has 0 saturated heterocycles. The normalized spacial score (nSPS) is 21.0. The van der Waals surface area contributed by atoms with Crippen molar-refractivity contribution in [3.63, 3.8) is 0 Å². The van der Waals surface area contributed by atoms with E-state index in [1.807, 2.05) is 30.3 Å². The van der Waals surface area contributed by atoms with Crippen LogP contribution in [0.25, 0.3) is 0 Å². The van der Waals surface area contributed by atoms with E-state index in [1.165, 1.54) is 0 Å². The van der Waals surface area contributed by atoms with Crippen LogP contribution >= 0.6 is 11.6 Å². The summed E-state index contributed by atoms with van der Waals surface area (Å²) >= 11 is 6.03. The van der Waals surface area contributed by atoms with Gasteiger partial charge in [-0.3, -0.25) is 4.79 Å². The van der Waals surface area contributed by atoms with E-state index >= 15 is 0 Å². The van der Waals surface area contributed by atoms with Crippen molar-refractivity contribution < 1.29 is 24.1 Å². The molecule has 2 aliphatic rings. The van der Waals surface area contributed by atoms with Crippen LogP contribution < -0.4 is 14.2 Å². The Morgan fingerprint density at radius 3 is 2.75 bits per heavy atom. The molecular formula is C18H15ClO5. The van der Waals surface area contributed by atoms with E-state index in [2.05, 4.69) is 0 Å². The molecule has 0 aliphatic carbocycles. The molecule has 0 saturated carbocycles. The van der Waals surface area contributed by atoms with Crippen molar-refractivity contribution in [1.29, 1.82) is 0 Å². The first-order valence-electron chi connectivity index (χ1n) is 7.67. The van der Waals surface area contributed by atoms with Gasteiger partial charge in [0.05, 0.1) is 13.0 Å². The maximum atomic E-state index is 11.0. The minimum Gasteiger partial charge on any atom is -0.492 e. The van der Waals surface area contributed by atoms with Crippen molar-refractivity contribution >= 4 is 17.6 Å². The number of carboxylic acid groups (broad SMARTS) is 1. The lowest BCUT2D eigenvalue weighted by Crippen LogP contribution is -2.21. The highest BCUT2D eigenvalue weighted by Crippen LogP contribution is 2.46. The van der Waals surface area contributed by atoms with Gasteiger partial charge in [0.2, 0.25) is 0 Å². The maximum Gasteiger partial charge on any atom is 0.304 e. The number of hydrogen-bond acceptors (Lipinski definition) is 4. The van der Waals surface area contributed by atoms with Crippen molar-refractivity contribution in [3.8, 4) is 17.2 Å². The Bertz CT molecular complexity index is 804. The Labute approximate surface area is 143 Å². The van der Waals surface area contributed by atoms with Crippen LogP contribution in [0.5, 0.6) is 17.2 Å². The minimum atomic E-state index is -0.840. The van der Waals surface area contributed by atoms with Crippen molar-refractivity contribution in [3.05, 3.63) is 52.5 Å². The van der Waals surface area contributed by atoms with Crippen LogP contribution in [0.3, 0.4) is 0 Å². The molecule has 0 aromatic heterocycles. The summed E-state index contributed by atoms with van der Waals surface area (Å²) < 4.78 is 17.5. The summed E-state index contributed by atoms with van der Waals surface area (Å²) in [5.74, 6) is 0.883. The second kappa shape index (κ2) is 5.91. The van der Waals surface area contributed by atoms with Gasteiger partial charge in [0, 0.05) is 22.6 Å². The molecule has 4 rings (SSSR count). The zero-order valence-electron chi connectivity index (χ0n) is 12.7. The zero-order valence-corrected chi connectivity index (χ0v) is 13.5. The van der Waals surface area contributed by atoms with E-state index in [0.717, 1.165) is 11.1 Å². The number of benzene rings is 2. The second-order valence-corrected chi connectivity index (χ2v) is 6.35. The van der Waals surface area contributed by atoms with Gasteiger partial charge in [0.25, 0.3) is 0 Å². The highest BCUT2D eigenvalue weighted by Gasteiger charge is 2.31. The van der Waals surface area contributed by atoms with Crippen LogP contribution in [0, 0.1) is 0 Å². The Morgan fingerprint density at radius 2 is 1.96 bits per heavy atom. The molecule has 0 radical (unpaired) electrons. The van der Waals surface area contributed by atoms with Crippen LogP contribution in [0.2, 0.25) is 5.02 Å². The van der Waals surface area contributed by atoms with Crippen LogP contribution in [0.15, 0.2) is 36.4 Å². The van der Waals surface area contributed by atoms with E-state index in [1.54, 1.807) is 6.07 Å². The van der Waals surface area contributed by atoms with Gasteiger partial charge in [0.15, 0.2) is 17.6 Å². The monoisotopic (exact) mass is 346 g/mol. The summed E-state index contributed by atoms with van der Waals surface area (Å²) in [4.78, 5) is 11.0. The van der Waals surface area contributed by atoms with Gasteiger partial charge in [0.1, 0.15) is 12.4 Å². The lowest BCUT2D eigenvalue weighted by Gasteiger charge is -2.27. The molecule has 2 aliphatic heterocycles. The number of fused-ring (bicyclic) bond motifs is 2. The quantitative estimate of drug-likeness (QED) is 0.915. The summed E-state index contributed by atoms with van der Waals surface area (Å²) in [6.45, 7) is 0.735. The molecule has 2 aromatic carbocycles. The fraction of sp³-hybridized carbons (Fsp3) is 0.278. The molecule has 2 heterocycles. The molecule has 0 bridgehead atoms. The summed E-state index contributed by atoms with van der Waals surface area (Å²) in [5.41, 5.74) is 1.80. The highest BCUT2D eigenvalue weighted by molar-refractivity contribution is 6.30. The van der Waals surface area contributed by atoms with Crippen LogP contribution in [-0.4, -0.2) is 24.3 Å². The predicted molar refractivity (Wildman–Crippen MR) is 87.2 cm³/mol. The van der Waals surface area contributed by atoms with E-state index in [0.29, 0.717) is 35.5 Å². The first kappa shape index (κ1) is 15.1. The fourth-order valence-corrected chi connectivity index (χ4v) is 3.29. The predicted octanol–water partition coefficient (Wildman–Crippen LogP) is 3.80. The number of aliphatic carboxylic acids is 1. The molecule has 1 unspecified atom stereocenters. The number of carboxylic acids is 1. The fourth-order valence-electron chi connectivity index (χ4n) is 3.09. The molecular weight excluding hydrogens is 332 g/mol. The number of halogens is 1. The molecule has 0 amide bonds. The number of carbonyl (C=O) groups is 1. The molecule has 2 aromatic rings. The van der Waals surface area contributed by atoms with E-state index in [9.17, 15) is 4.79 Å². The van der Waals surface area contributed by atoms with E-state index in [4.69, 9.17) is 30.9 Å². The van der Waals surface area contributed by atoms with Gasteiger partial charge in [-0.05, 0) is 23.8 Å². The topological polar surface area (TPSA) is 65.0 Å². The summed E-state index contributed by atoms with van der Waals surface area (Å²) in [6, 6.07) is 11.1. The van der Waals surface area contributed by atoms with Gasteiger partial charge in [-0.1, -0.05) is 23.7 Å². The molecule has 24 heavy (non-hydrogen) atoms. The minimum absolute atomic E-state index is 0.0395. The maximum absolute atomic E-state index is 11.0. The summed E-state index contributed by atoms with van der Waals surface area (Å²) in [5, 5.41) is 9.65. The van der Waals surface area contributed by atoms with Crippen molar-refractivity contribution in [2.45, 2.75) is 18.4 Å². The molecule has 0 spiro atoms. The third-order valence-electron chi connectivity index (χ3n) is 4.26.